The predicted octanol–water partition coefficient (Wildman–Crippen LogP) is 4.23. The summed E-state index contributed by atoms with van der Waals surface area (Å²) in [6.07, 6.45) is 0. The van der Waals surface area contributed by atoms with Gasteiger partial charge < -0.3 is 10.6 Å². The van der Waals surface area contributed by atoms with Gasteiger partial charge in [-0.15, -0.1) is 0 Å². The second kappa shape index (κ2) is 9.32. The molecule has 7 heteroatoms. The largest absolute Gasteiger partial charge is 0.355 e. The number of amides is 1. The summed E-state index contributed by atoms with van der Waals surface area (Å²) < 4.78 is 26.3. The molecular weight excluding hydrogens is 410 g/mol. The van der Waals surface area contributed by atoms with Crippen LogP contribution < -0.4 is 10.6 Å². The molecule has 6 nitrogen and oxygen atoms in total. The maximum atomic E-state index is 13.0. The minimum atomic E-state index is -3.61. The molecule has 0 saturated heterocycles. The minimum Gasteiger partial charge on any atom is -0.355 e. The van der Waals surface area contributed by atoms with Gasteiger partial charge in [0, 0.05) is 26.3 Å². The van der Waals surface area contributed by atoms with Gasteiger partial charge in [0.2, 0.25) is 10.0 Å². The average molecular weight is 438 g/mol. The number of rotatable bonds is 7. The number of aryl methyl sites for hydroxylation is 1. The summed E-state index contributed by atoms with van der Waals surface area (Å²) >= 11 is 0. The smallest absolute Gasteiger partial charge is 0.253 e. The van der Waals surface area contributed by atoms with Crippen LogP contribution in [0.25, 0.3) is 0 Å². The van der Waals surface area contributed by atoms with Gasteiger partial charge in [0.25, 0.3) is 5.91 Å². The number of para-hydroxylation sites is 1. The van der Waals surface area contributed by atoms with Gasteiger partial charge in [-0.3, -0.25) is 4.79 Å². The summed E-state index contributed by atoms with van der Waals surface area (Å²) in [4.78, 5) is 13.1. The van der Waals surface area contributed by atoms with Crippen molar-refractivity contribution in [3.63, 3.8) is 0 Å². The van der Waals surface area contributed by atoms with E-state index in [2.05, 4.69) is 10.6 Å². The highest BCUT2D eigenvalue weighted by molar-refractivity contribution is 7.89. The molecule has 2 N–H and O–H groups in total. The van der Waals surface area contributed by atoms with E-state index in [9.17, 15) is 13.2 Å². The first-order chi connectivity index (χ1) is 14.7. The Morgan fingerprint density at radius 3 is 2.26 bits per heavy atom. The summed E-state index contributed by atoms with van der Waals surface area (Å²) in [6.45, 7) is 4.17. The molecular formula is C24H27N3O3S. The second-order valence-electron chi connectivity index (χ2n) is 7.50. The lowest BCUT2D eigenvalue weighted by Crippen LogP contribution is -2.27. The highest BCUT2D eigenvalue weighted by Crippen LogP contribution is 2.25. The van der Waals surface area contributed by atoms with Crippen LogP contribution in [-0.4, -0.2) is 32.7 Å². The SMILES string of the molecule is Cc1cccc(Nc2ccccc2C(=O)NCc2ccccc2S(=O)(=O)N(C)C)c1C. The van der Waals surface area contributed by atoms with Gasteiger partial charge in [0.1, 0.15) is 0 Å². The lowest BCUT2D eigenvalue weighted by Gasteiger charge is -2.17. The van der Waals surface area contributed by atoms with Crippen LogP contribution in [0.3, 0.4) is 0 Å². The molecule has 0 spiro atoms. The zero-order valence-electron chi connectivity index (χ0n) is 18.1. The zero-order valence-corrected chi connectivity index (χ0v) is 19.0. The Hall–Kier alpha value is -3.16. The van der Waals surface area contributed by atoms with Crippen LogP contribution in [0.4, 0.5) is 11.4 Å². The minimum absolute atomic E-state index is 0.0971. The molecule has 0 aliphatic heterocycles. The van der Waals surface area contributed by atoms with Crippen molar-refractivity contribution in [1.82, 2.24) is 9.62 Å². The Morgan fingerprint density at radius 2 is 1.52 bits per heavy atom. The second-order valence-corrected chi connectivity index (χ2v) is 9.62. The van der Waals surface area contributed by atoms with Crippen molar-refractivity contribution in [3.05, 3.63) is 89.0 Å². The van der Waals surface area contributed by atoms with Crippen molar-refractivity contribution in [1.29, 1.82) is 0 Å². The van der Waals surface area contributed by atoms with Gasteiger partial charge >= 0.3 is 0 Å². The molecule has 1 amide bonds. The van der Waals surface area contributed by atoms with Gasteiger partial charge in [-0.05, 0) is 54.8 Å². The van der Waals surface area contributed by atoms with Gasteiger partial charge in [-0.2, -0.15) is 0 Å². The number of benzene rings is 3. The Morgan fingerprint density at radius 1 is 0.871 bits per heavy atom. The number of carbonyl (C=O) groups is 1. The fraction of sp³-hybridized carbons (Fsp3) is 0.208. The van der Waals surface area contributed by atoms with Gasteiger partial charge in [-0.25, -0.2) is 12.7 Å². The Bertz CT molecular complexity index is 1200. The fourth-order valence-corrected chi connectivity index (χ4v) is 4.31. The summed E-state index contributed by atoms with van der Waals surface area (Å²) in [7, 11) is -0.636. The third-order valence-corrected chi connectivity index (χ3v) is 7.13. The molecule has 31 heavy (non-hydrogen) atoms. The van der Waals surface area contributed by atoms with E-state index >= 15 is 0 Å². The summed E-state index contributed by atoms with van der Waals surface area (Å²) in [6, 6.07) is 19.9. The Labute approximate surface area is 184 Å². The zero-order chi connectivity index (χ0) is 22.6. The lowest BCUT2D eigenvalue weighted by atomic mass is 10.1. The molecule has 3 aromatic rings. The molecule has 0 unspecified atom stereocenters. The Balaban J connectivity index is 1.83. The van der Waals surface area contributed by atoms with Crippen LogP contribution in [0.5, 0.6) is 0 Å². The molecule has 162 valence electrons. The fourth-order valence-electron chi connectivity index (χ4n) is 3.19. The predicted molar refractivity (Wildman–Crippen MR) is 124 cm³/mol. The van der Waals surface area contributed by atoms with Crippen LogP contribution in [-0.2, 0) is 16.6 Å². The molecule has 0 atom stereocenters. The van der Waals surface area contributed by atoms with E-state index in [0.717, 1.165) is 21.1 Å². The molecule has 0 aliphatic carbocycles. The van der Waals surface area contributed by atoms with Gasteiger partial charge in [0.05, 0.1) is 16.1 Å². The van der Waals surface area contributed by atoms with Crippen LogP contribution >= 0.6 is 0 Å². The van der Waals surface area contributed by atoms with Gasteiger partial charge in [-0.1, -0.05) is 42.5 Å². The number of anilines is 2. The molecule has 0 fully saturated rings. The number of hydrogen-bond acceptors (Lipinski definition) is 4. The molecule has 3 aromatic carbocycles. The topological polar surface area (TPSA) is 78.5 Å². The molecule has 3 rings (SSSR count). The first-order valence-corrected chi connectivity index (χ1v) is 11.4. The first-order valence-electron chi connectivity index (χ1n) is 9.92. The van der Waals surface area contributed by atoms with Crippen molar-refractivity contribution in [2.75, 3.05) is 19.4 Å². The molecule has 0 heterocycles. The van der Waals surface area contributed by atoms with E-state index in [1.807, 2.05) is 44.2 Å². The Kier molecular flexibility index (Phi) is 6.77. The maximum absolute atomic E-state index is 13.0. The standard InChI is InChI=1S/C24H27N3O3S/c1-17-10-9-14-21(18(17)2)26-22-13-7-6-12-20(22)24(28)25-16-19-11-5-8-15-23(19)31(29,30)27(3)4/h5-15,26H,16H2,1-4H3,(H,25,28). The third kappa shape index (κ3) is 4.95. The normalized spacial score (nSPS) is 11.4. The summed E-state index contributed by atoms with van der Waals surface area (Å²) in [5.74, 6) is -0.287. The van der Waals surface area contributed by atoms with Crippen LogP contribution in [0.2, 0.25) is 0 Å². The maximum Gasteiger partial charge on any atom is 0.253 e. The third-order valence-electron chi connectivity index (χ3n) is 5.22. The first kappa shape index (κ1) is 22.5. The number of sulfonamides is 1. The van der Waals surface area contributed by atoms with E-state index < -0.39 is 10.0 Å². The monoisotopic (exact) mass is 437 g/mol. The number of nitrogens with zero attached hydrogens (tertiary/aromatic N) is 1. The summed E-state index contributed by atoms with van der Waals surface area (Å²) in [5.41, 5.74) is 4.90. The average Bonchev–Trinajstić information content (AvgIpc) is 2.75. The molecule has 0 bridgehead atoms. The molecule has 0 aromatic heterocycles. The van der Waals surface area contributed by atoms with Crippen molar-refractivity contribution >= 4 is 27.3 Å². The number of hydrogen-bond donors (Lipinski definition) is 2. The molecule has 0 radical (unpaired) electrons. The van der Waals surface area contributed by atoms with Crippen molar-refractivity contribution in [2.45, 2.75) is 25.3 Å². The van der Waals surface area contributed by atoms with Crippen molar-refractivity contribution < 1.29 is 13.2 Å². The van der Waals surface area contributed by atoms with Crippen LogP contribution in [0.15, 0.2) is 71.6 Å². The van der Waals surface area contributed by atoms with E-state index in [0.29, 0.717) is 16.8 Å². The van der Waals surface area contributed by atoms with E-state index in [1.54, 1.807) is 36.4 Å². The van der Waals surface area contributed by atoms with Crippen molar-refractivity contribution in [2.24, 2.45) is 0 Å². The summed E-state index contributed by atoms with van der Waals surface area (Å²) in [5, 5.41) is 6.20. The van der Waals surface area contributed by atoms with E-state index in [4.69, 9.17) is 0 Å². The lowest BCUT2D eigenvalue weighted by molar-refractivity contribution is 0.0951. The molecule has 0 saturated carbocycles. The quantitative estimate of drug-likeness (QED) is 0.580. The highest BCUT2D eigenvalue weighted by atomic mass is 32.2. The van der Waals surface area contributed by atoms with E-state index in [-0.39, 0.29) is 17.3 Å². The van der Waals surface area contributed by atoms with Crippen LogP contribution in [0.1, 0.15) is 27.0 Å². The number of nitrogens with one attached hydrogen (secondary N) is 2. The number of carbonyl (C=O) groups excluding carboxylic acids is 1. The van der Waals surface area contributed by atoms with Crippen molar-refractivity contribution in [3.8, 4) is 0 Å². The highest BCUT2D eigenvalue weighted by Gasteiger charge is 2.21. The van der Waals surface area contributed by atoms with Crippen LogP contribution in [0, 0.1) is 13.8 Å². The van der Waals surface area contributed by atoms with Gasteiger partial charge in [0.15, 0.2) is 0 Å². The van der Waals surface area contributed by atoms with E-state index in [1.165, 1.54) is 14.1 Å². The molecule has 0 aliphatic rings.